The van der Waals surface area contributed by atoms with Crippen molar-refractivity contribution in [2.45, 2.75) is 11.4 Å². The maximum absolute atomic E-state index is 10.8. The summed E-state index contributed by atoms with van der Waals surface area (Å²) in [6, 6.07) is 10.0. The summed E-state index contributed by atoms with van der Waals surface area (Å²) in [4.78, 5) is 11.9. The lowest BCUT2D eigenvalue weighted by Gasteiger charge is -2.10. The van der Waals surface area contributed by atoms with Gasteiger partial charge in [-0.25, -0.2) is 0 Å². The van der Waals surface area contributed by atoms with Gasteiger partial charge in [-0.2, -0.15) is 0 Å². The van der Waals surface area contributed by atoms with Gasteiger partial charge in [-0.05, 0) is 45.1 Å². The van der Waals surface area contributed by atoms with Gasteiger partial charge in [-0.15, -0.1) is 23.1 Å². The molecule has 1 amide bonds. The number of hydrogen-bond donors (Lipinski definition) is 2. The Balaban J connectivity index is 2.01. The van der Waals surface area contributed by atoms with Gasteiger partial charge in [0.1, 0.15) is 0 Å². The molecule has 0 aliphatic rings. The summed E-state index contributed by atoms with van der Waals surface area (Å²) in [5.74, 6) is -0.00977. The Hall–Kier alpha value is -0.980. The molecule has 2 aromatic rings. The molecular formula is C13H13BrN2OS2. The number of para-hydroxylation sites is 1. The molecule has 1 aromatic heterocycles. The van der Waals surface area contributed by atoms with Crippen molar-refractivity contribution in [3.63, 3.8) is 0 Å². The van der Waals surface area contributed by atoms with Gasteiger partial charge in [0.2, 0.25) is 5.91 Å². The van der Waals surface area contributed by atoms with Gasteiger partial charge in [0.25, 0.3) is 0 Å². The number of rotatable bonds is 6. The maximum atomic E-state index is 10.8. The third kappa shape index (κ3) is 4.56. The first-order chi connectivity index (χ1) is 9.15. The molecule has 6 heteroatoms. The van der Waals surface area contributed by atoms with Crippen LogP contribution in [-0.4, -0.2) is 11.7 Å². The molecule has 3 N–H and O–H groups in total. The fraction of sp³-hybridized carbons (Fsp3) is 0.154. The number of carbonyl (C=O) groups excluding carboxylic acids is 1. The van der Waals surface area contributed by atoms with Crippen LogP contribution in [0.15, 0.2) is 44.4 Å². The summed E-state index contributed by atoms with van der Waals surface area (Å²) in [6.45, 7) is 0.760. The lowest BCUT2D eigenvalue weighted by atomic mass is 10.3. The van der Waals surface area contributed by atoms with Gasteiger partial charge in [0, 0.05) is 17.1 Å². The van der Waals surface area contributed by atoms with Crippen molar-refractivity contribution in [3.8, 4) is 0 Å². The number of anilines is 1. The predicted molar refractivity (Wildman–Crippen MR) is 85.7 cm³/mol. The van der Waals surface area contributed by atoms with Crippen molar-refractivity contribution < 1.29 is 4.79 Å². The SMILES string of the molecule is NC(=O)CSc1ccccc1NCc1csc(Br)c1. The molecule has 2 rings (SSSR count). The van der Waals surface area contributed by atoms with Gasteiger partial charge >= 0.3 is 0 Å². The van der Waals surface area contributed by atoms with Crippen LogP contribution in [0, 0.1) is 0 Å². The summed E-state index contributed by atoms with van der Waals surface area (Å²) in [6.07, 6.45) is 0. The molecule has 1 aromatic carbocycles. The van der Waals surface area contributed by atoms with Gasteiger partial charge in [0.15, 0.2) is 0 Å². The molecule has 0 unspecified atom stereocenters. The van der Waals surface area contributed by atoms with Crippen molar-refractivity contribution >= 4 is 50.6 Å². The molecule has 3 nitrogen and oxygen atoms in total. The van der Waals surface area contributed by atoms with Gasteiger partial charge in [0.05, 0.1) is 9.54 Å². The second-order valence-corrected chi connectivity index (χ2v) is 7.17. The number of thiophene rings is 1. The fourth-order valence-electron chi connectivity index (χ4n) is 1.52. The highest BCUT2D eigenvalue weighted by molar-refractivity contribution is 9.11. The monoisotopic (exact) mass is 356 g/mol. The number of halogens is 1. The number of hydrogen-bond acceptors (Lipinski definition) is 4. The zero-order valence-corrected chi connectivity index (χ0v) is 13.3. The van der Waals surface area contributed by atoms with Gasteiger partial charge in [-0.1, -0.05) is 12.1 Å². The van der Waals surface area contributed by atoms with E-state index in [9.17, 15) is 4.79 Å². The Labute approximate surface area is 128 Å². The number of carbonyl (C=O) groups is 1. The largest absolute Gasteiger partial charge is 0.380 e. The average Bonchev–Trinajstić information content (AvgIpc) is 2.80. The highest BCUT2D eigenvalue weighted by Gasteiger charge is 2.04. The van der Waals surface area contributed by atoms with Gasteiger partial charge in [-0.3, -0.25) is 4.79 Å². The quantitative estimate of drug-likeness (QED) is 0.775. The van der Waals surface area contributed by atoms with Crippen LogP contribution in [0.25, 0.3) is 0 Å². The van der Waals surface area contributed by atoms with Crippen LogP contribution in [0.5, 0.6) is 0 Å². The van der Waals surface area contributed by atoms with Crippen LogP contribution in [0.1, 0.15) is 5.56 Å². The second kappa shape index (κ2) is 6.98. The fourth-order valence-corrected chi connectivity index (χ4v) is 3.50. The van der Waals surface area contributed by atoms with Crippen LogP contribution in [0.4, 0.5) is 5.69 Å². The van der Waals surface area contributed by atoms with E-state index in [0.29, 0.717) is 5.75 Å². The van der Waals surface area contributed by atoms with Crippen molar-refractivity contribution in [3.05, 3.63) is 45.1 Å². The topological polar surface area (TPSA) is 55.1 Å². The lowest BCUT2D eigenvalue weighted by Crippen LogP contribution is -2.13. The number of thioether (sulfide) groups is 1. The number of primary amides is 1. The van der Waals surface area contributed by atoms with E-state index in [1.165, 1.54) is 17.3 Å². The Kier molecular flexibility index (Phi) is 5.30. The lowest BCUT2D eigenvalue weighted by molar-refractivity contribution is -0.115. The molecule has 0 aliphatic heterocycles. The molecule has 1 heterocycles. The van der Waals surface area contributed by atoms with Crippen molar-refractivity contribution in [2.75, 3.05) is 11.1 Å². The molecule has 100 valence electrons. The minimum absolute atomic E-state index is 0.294. The third-order valence-electron chi connectivity index (χ3n) is 2.36. The molecule has 0 saturated carbocycles. The van der Waals surface area contributed by atoms with Crippen molar-refractivity contribution in [1.82, 2.24) is 0 Å². The number of nitrogens with one attached hydrogen (secondary N) is 1. The second-order valence-electron chi connectivity index (χ2n) is 3.86. The van der Waals surface area contributed by atoms with E-state index in [0.717, 1.165) is 20.9 Å². The highest BCUT2D eigenvalue weighted by atomic mass is 79.9. The summed E-state index contributed by atoms with van der Waals surface area (Å²) < 4.78 is 1.13. The third-order valence-corrected chi connectivity index (χ3v) is 5.01. The number of amides is 1. The van der Waals surface area contributed by atoms with E-state index in [1.54, 1.807) is 11.3 Å². The summed E-state index contributed by atoms with van der Waals surface area (Å²) >= 11 is 6.57. The zero-order valence-electron chi connectivity index (χ0n) is 10.1. The van der Waals surface area contributed by atoms with Crippen LogP contribution in [0.3, 0.4) is 0 Å². The first kappa shape index (κ1) is 14.4. The molecule has 0 radical (unpaired) electrons. The van der Waals surface area contributed by atoms with E-state index in [2.05, 4.69) is 32.7 Å². The maximum Gasteiger partial charge on any atom is 0.227 e. The molecule has 0 atom stereocenters. The average molecular weight is 357 g/mol. The predicted octanol–water partition coefficient (Wildman–Crippen LogP) is 3.70. The van der Waals surface area contributed by atoms with E-state index in [-0.39, 0.29) is 5.91 Å². The van der Waals surface area contributed by atoms with E-state index in [1.807, 2.05) is 24.3 Å². The Morgan fingerprint density at radius 1 is 1.42 bits per heavy atom. The number of nitrogens with two attached hydrogens (primary N) is 1. The minimum atomic E-state index is -0.304. The summed E-state index contributed by atoms with van der Waals surface area (Å²) in [7, 11) is 0. The molecule has 0 spiro atoms. The van der Waals surface area contributed by atoms with Crippen LogP contribution in [-0.2, 0) is 11.3 Å². The normalized spacial score (nSPS) is 10.4. The first-order valence-electron chi connectivity index (χ1n) is 5.62. The molecule has 0 fully saturated rings. The molecule has 0 bridgehead atoms. The summed E-state index contributed by atoms with van der Waals surface area (Å²) in [5, 5.41) is 5.49. The van der Waals surface area contributed by atoms with Crippen LogP contribution >= 0.6 is 39.0 Å². The molecule has 19 heavy (non-hydrogen) atoms. The van der Waals surface area contributed by atoms with E-state index < -0.39 is 0 Å². The minimum Gasteiger partial charge on any atom is -0.380 e. The smallest absolute Gasteiger partial charge is 0.227 e. The highest BCUT2D eigenvalue weighted by Crippen LogP contribution is 2.28. The van der Waals surface area contributed by atoms with Crippen molar-refractivity contribution in [1.29, 1.82) is 0 Å². The van der Waals surface area contributed by atoms with Gasteiger partial charge < -0.3 is 11.1 Å². The van der Waals surface area contributed by atoms with E-state index >= 15 is 0 Å². The van der Waals surface area contributed by atoms with Crippen molar-refractivity contribution in [2.24, 2.45) is 5.73 Å². The van der Waals surface area contributed by atoms with Crippen LogP contribution in [0.2, 0.25) is 0 Å². The molecule has 0 saturated heterocycles. The standard InChI is InChI=1S/C13H13BrN2OS2/c14-12-5-9(7-19-12)6-16-10-3-1-2-4-11(10)18-8-13(15)17/h1-5,7,16H,6,8H2,(H2,15,17). The molecule has 0 aliphatic carbocycles. The number of benzene rings is 1. The van der Waals surface area contributed by atoms with E-state index in [4.69, 9.17) is 5.73 Å². The zero-order chi connectivity index (χ0) is 13.7. The molecular weight excluding hydrogens is 344 g/mol. The Morgan fingerprint density at radius 2 is 2.21 bits per heavy atom. The van der Waals surface area contributed by atoms with Crippen LogP contribution < -0.4 is 11.1 Å². The Bertz CT molecular complexity index is 571. The first-order valence-corrected chi connectivity index (χ1v) is 8.28. The Morgan fingerprint density at radius 3 is 2.89 bits per heavy atom. The summed E-state index contributed by atoms with van der Waals surface area (Å²) in [5.41, 5.74) is 7.43.